The van der Waals surface area contributed by atoms with E-state index in [2.05, 4.69) is 15.3 Å². The third-order valence-corrected chi connectivity index (χ3v) is 5.70. The summed E-state index contributed by atoms with van der Waals surface area (Å²) in [6.45, 7) is 6.51. The summed E-state index contributed by atoms with van der Waals surface area (Å²) in [7, 11) is 1.15. The number of hydrogen-bond donors (Lipinski definition) is 1. The van der Waals surface area contributed by atoms with Gasteiger partial charge in [-0.2, -0.15) is 0 Å². The van der Waals surface area contributed by atoms with Gasteiger partial charge in [0.15, 0.2) is 12.2 Å². The number of nitrogens with one attached hydrogen (secondary N) is 1. The second-order valence-electron chi connectivity index (χ2n) is 8.59. The minimum atomic E-state index is -1.63. The summed E-state index contributed by atoms with van der Waals surface area (Å²) in [4.78, 5) is 51.6. The number of amides is 1. The van der Waals surface area contributed by atoms with Crippen molar-refractivity contribution in [3.05, 3.63) is 34.2 Å². The predicted octanol–water partition coefficient (Wildman–Crippen LogP) is 2.90. The Labute approximate surface area is 230 Å². The zero-order valence-electron chi connectivity index (χ0n) is 23.0. The van der Waals surface area contributed by atoms with Crippen molar-refractivity contribution in [1.82, 2.24) is 0 Å². The van der Waals surface area contributed by atoms with E-state index in [0.717, 1.165) is 26.5 Å². The lowest BCUT2D eigenvalue weighted by atomic mass is 9.90. The number of aryl methyl sites for hydroxylation is 1. The third kappa shape index (κ3) is 9.59. The van der Waals surface area contributed by atoms with Crippen molar-refractivity contribution < 1.29 is 52.3 Å². The number of azide groups is 1. The molecule has 1 amide bonds. The van der Waals surface area contributed by atoms with Crippen LogP contribution in [0.2, 0.25) is 0 Å². The van der Waals surface area contributed by atoms with Crippen molar-refractivity contribution >= 4 is 29.7 Å². The molecule has 1 N–H and O–H groups in total. The Hall–Kier alpha value is -4.07. The van der Waals surface area contributed by atoms with Crippen molar-refractivity contribution in [2.24, 2.45) is 11.0 Å². The van der Waals surface area contributed by atoms with Crippen molar-refractivity contribution in [2.75, 3.05) is 38.8 Å². The molecule has 15 heteroatoms. The molecular formula is C25H34N4O11. The zero-order chi connectivity index (χ0) is 29.7. The van der Waals surface area contributed by atoms with Crippen LogP contribution >= 0.6 is 0 Å². The Balaban J connectivity index is 2.20. The summed E-state index contributed by atoms with van der Waals surface area (Å²) >= 11 is 0. The minimum Gasteiger partial charge on any atom is -0.489 e. The van der Waals surface area contributed by atoms with Crippen LogP contribution in [0.25, 0.3) is 10.4 Å². The van der Waals surface area contributed by atoms with Gasteiger partial charge >= 0.3 is 24.0 Å². The lowest BCUT2D eigenvalue weighted by Gasteiger charge is -2.42. The maximum absolute atomic E-state index is 13.0. The van der Waals surface area contributed by atoms with Crippen LogP contribution < -0.4 is 10.1 Å². The highest BCUT2D eigenvalue weighted by Crippen LogP contribution is 2.33. The Kier molecular flexibility index (Phi) is 13.0. The van der Waals surface area contributed by atoms with Crippen LogP contribution in [-0.4, -0.2) is 82.1 Å². The molecule has 1 heterocycles. The van der Waals surface area contributed by atoms with Crippen LogP contribution in [-0.2, 0) is 49.2 Å². The molecule has 1 aromatic carbocycles. The number of esters is 3. The van der Waals surface area contributed by atoms with Gasteiger partial charge in [-0.1, -0.05) is 25.0 Å². The molecule has 1 aliphatic rings. The molecular weight excluding hydrogens is 532 g/mol. The highest BCUT2D eigenvalue weighted by atomic mass is 16.7. The minimum absolute atomic E-state index is 0.135. The van der Waals surface area contributed by atoms with Gasteiger partial charge in [0.25, 0.3) is 0 Å². The first-order chi connectivity index (χ1) is 19.1. The summed E-state index contributed by atoms with van der Waals surface area (Å²) in [5.74, 6) is -2.74. The molecule has 1 aromatic rings. The lowest BCUT2D eigenvalue weighted by Crippen LogP contribution is -2.59. The van der Waals surface area contributed by atoms with E-state index in [0.29, 0.717) is 12.2 Å². The fourth-order valence-electron chi connectivity index (χ4n) is 3.85. The summed E-state index contributed by atoms with van der Waals surface area (Å²) in [6, 6.07) is 5.13. The number of methoxy groups -OCH3 is 1. The van der Waals surface area contributed by atoms with Crippen molar-refractivity contribution in [1.29, 1.82) is 0 Å². The summed E-state index contributed by atoms with van der Waals surface area (Å²) < 4.78 is 37.6. The van der Waals surface area contributed by atoms with Gasteiger partial charge in [-0.15, -0.1) is 0 Å². The first-order valence-corrected chi connectivity index (χ1v) is 12.5. The SMILES string of the molecule is CCc1ccc(NC(=O)OC2O[C@H](C(=O)OC)[C@@H](C)[C@H](OC(C)=O)[C@H]2OC(C)=O)c(OCCOCCN=[N+]=[N-])c1. The van der Waals surface area contributed by atoms with Crippen LogP contribution in [0, 0.1) is 5.92 Å². The number of benzene rings is 1. The molecule has 0 spiro atoms. The summed E-state index contributed by atoms with van der Waals surface area (Å²) in [6.07, 6.45) is -5.80. The van der Waals surface area contributed by atoms with Crippen LogP contribution in [0.15, 0.2) is 23.3 Å². The molecule has 15 nitrogen and oxygen atoms in total. The Morgan fingerprint density at radius 1 is 1.05 bits per heavy atom. The number of hydrogen-bond acceptors (Lipinski definition) is 12. The predicted molar refractivity (Wildman–Crippen MR) is 137 cm³/mol. The van der Waals surface area contributed by atoms with Gasteiger partial charge in [0.1, 0.15) is 12.4 Å². The molecule has 1 aliphatic heterocycles. The highest BCUT2D eigenvalue weighted by Gasteiger charge is 2.52. The average Bonchev–Trinajstić information content (AvgIpc) is 2.91. The fourth-order valence-corrected chi connectivity index (χ4v) is 3.85. The molecule has 1 unspecified atom stereocenters. The van der Waals surface area contributed by atoms with E-state index in [1.807, 2.05) is 6.92 Å². The van der Waals surface area contributed by atoms with Crippen molar-refractivity contribution in [2.45, 2.75) is 58.7 Å². The van der Waals surface area contributed by atoms with E-state index in [-0.39, 0.29) is 32.1 Å². The fraction of sp³-hybridized carbons (Fsp3) is 0.600. The lowest BCUT2D eigenvalue weighted by molar-refractivity contribution is -0.272. The maximum atomic E-state index is 13.0. The second kappa shape index (κ2) is 16.1. The number of carbonyl (C=O) groups is 4. The Morgan fingerprint density at radius 2 is 1.75 bits per heavy atom. The van der Waals surface area contributed by atoms with Gasteiger partial charge in [0.2, 0.25) is 12.4 Å². The Bertz CT molecular complexity index is 1090. The number of carbonyl (C=O) groups excluding carboxylic acids is 4. The van der Waals surface area contributed by atoms with Gasteiger partial charge in [-0.25, -0.2) is 9.59 Å². The first kappa shape index (κ1) is 32.1. The van der Waals surface area contributed by atoms with E-state index < -0.39 is 54.5 Å². The molecule has 5 atom stereocenters. The quantitative estimate of drug-likeness (QED) is 0.0921. The molecule has 1 fully saturated rings. The van der Waals surface area contributed by atoms with Gasteiger partial charge in [-0.05, 0) is 29.6 Å². The monoisotopic (exact) mass is 566 g/mol. The van der Waals surface area contributed by atoms with Gasteiger partial charge in [-0.3, -0.25) is 14.9 Å². The Morgan fingerprint density at radius 3 is 2.38 bits per heavy atom. The van der Waals surface area contributed by atoms with Crippen molar-refractivity contribution in [3.8, 4) is 5.75 Å². The maximum Gasteiger partial charge on any atom is 0.414 e. The van der Waals surface area contributed by atoms with E-state index in [1.165, 1.54) is 0 Å². The average molecular weight is 567 g/mol. The second-order valence-corrected chi connectivity index (χ2v) is 8.59. The topological polar surface area (TPSA) is 194 Å². The van der Waals surface area contributed by atoms with Crippen LogP contribution in [0.5, 0.6) is 5.75 Å². The summed E-state index contributed by atoms with van der Waals surface area (Å²) in [5.41, 5.74) is 9.49. The van der Waals surface area contributed by atoms with E-state index in [4.69, 9.17) is 38.7 Å². The smallest absolute Gasteiger partial charge is 0.414 e. The van der Waals surface area contributed by atoms with Gasteiger partial charge < -0.3 is 33.2 Å². The molecule has 0 radical (unpaired) electrons. The van der Waals surface area contributed by atoms with E-state index >= 15 is 0 Å². The molecule has 0 aromatic heterocycles. The number of nitrogens with zero attached hydrogens (tertiary/aromatic N) is 3. The van der Waals surface area contributed by atoms with E-state index in [9.17, 15) is 19.2 Å². The molecule has 2 rings (SSSR count). The third-order valence-electron chi connectivity index (χ3n) is 5.70. The van der Waals surface area contributed by atoms with Crippen LogP contribution in [0.1, 0.15) is 33.3 Å². The molecule has 220 valence electrons. The summed E-state index contributed by atoms with van der Waals surface area (Å²) in [5, 5.41) is 5.92. The number of ether oxygens (including phenoxy) is 7. The molecule has 0 saturated carbocycles. The van der Waals surface area contributed by atoms with Gasteiger partial charge in [0, 0.05) is 31.2 Å². The molecule has 0 bridgehead atoms. The largest absolute Gasteiger partial charge is 0.489 e. The number of anilines is 1. The molecule has 40 heavy (non-hydrogen) atoms. The van der Waals surface area contributed by atoms with Gasteiger partial charge in [0.05, 0.1) is 26.0 Å². The molecule has 0 aliphatic carbocycles. The molecule has 1 saturated heterocycles. The highest BCUT2D eigenvalue weighted by molar-refractivity contribution is 5.87. The van der Waals surface area contributed by atoms with E-state index in [1.54, 1.807) is 25.1 Å². The number of rotatable bonds is 13. The zero-order valence-corrected chi connectivity index (χ0v) is 23.0. The standard InChI is InChI=1S/C25H34N4O11/c1-6-17-7-8-18(19(13-17)36-12-11-35-10-9-27-29-26)28-25(33)40-24-22(38-16(4)31)20(37-15(3)30)14(2)21(39-24)23(32)34-5/h7-8,13-14,20-22,24H,6,9-12H2,1-5H3,(H,28,33)/t14-,20-,21-,22+,24?/m0/s1. The van der Waals surface area contributed by atoms with Crippen molar-refractivity contribution in [3.63, 3.8) is 0 Å². The van der Waals surface area contributed by atoms with Crippen LogP contribution in [0.4, 0.5) is 10.5 Å². The first-order valence-electron chi connectivity index (χ1n) is 12.5. The normalized spacial score (nSPS) is 21.8. The van der Waals surface area contributed by atoms with Crippen LogP contribution in [0.3, 0.4) is 0 Å².